The van der Waals surface area contributed by atoms with Crippen LogP contribution in [0.1, 0.15) is 10.4 Å². The first kappa shape index (κ1) is 14.7. The van der Waals surface area contributed by atoms with E-state index in [0.717, 1.165) is 61.0 Å². The molecule has 1 aliphatic rings. The van der Waals surface area contributed by atoms with Crippen molar-refractivity contribution >= 4 is 49.0 Å². The predicted molar refractivity (Wildman–Crippen MR) is 101 cm³/mol. The minimum absolute atomic E-state index is 0.783. The van der Waals surface area contributed by atoms with Crippen LogP contribution in [0, 0.1) is 6.92 Å². The van der Waals surface area contributed by atoms with Crippen molar-refractivity contribution in [2.45, 2.75) is 6.92 Å². The molecule has 0 unspecified atom stereocenters. The zero-order chi connectivity index (χ0) is 16.0. The standard InChI is InChI=1S/C17H15BrN4S/c1-9-8-12(10-2-4-11(18)5-3-10)22-17-13(9)14(19)15(23-17)16-20-6-7-21-16/h2-5,8H,6-7,19H2,1H3,(H,20,21). The summed E-state index contributed by atoms with van der Waals surface area (Å²) in [5.41, 5.74) is 10.4. The molecule has 0 amide bonds. The van der Waals surface area contributed by atoms with E-state index >= 15 is 0 Å². The Bertz CT molecular complexity index is 928. The molecule has 0 bridgehead atoms. The monoisotopic (exact) mass is 386 g/mol. The predicted octanol–water partition coefficient (Wildman–Crippen LogP) is 3.97. The van der Waals surface area contributed by atoms with Crippen molar-refractivity contribution < 1.29 is 0 Å². The van der Waals surface area contributed by atoms with Crippen molar-refractivity contribution in [3.8, 4) is 11.3 Å². The van der Waals surface area contributed by atoms with Crippen LogP contribution in [0.5, 0.6) is 0 Å². The Morgan fingerprint density at radius 3 is 2.74 bits per heavy atom. The summed E-state index contributed by atoms with van der Waals surface area (Å²) in [7, 11) is 0. The number of aliphatic imine (C=N–C) groups is 1. The fourth-order valence-corrected chi connectivity index (χ4v) is 4.22. The highest BCUT2D eigenvalue weighted by molar-refractivity contribution is 9.10. The highest BCUT2D eigenvalue weighted by Crippen LogP contribution is 2.37. The summed E-state index contributed by atoms with van der Waals surface area (Å²) in [6.45, 7) is 3.77. The summed E-state index contributed by atoms with van der Waals surface area (Å²) in [5, 5.41) is 4.34. The Labute approximate surface area is 146 Å². The van der Waals surface area contributed by atoms with E-state index in [0.29, 0.717) is 0 Å². The highest BCUT2D eigenvalue weighted by Gasteiger charge is 2.19. The number of thiophene rings is 1. The van der Waals surface area contributed by atoms with Crippen LogP contribution in [0.3, 0.4) is 0 Å². The van der Waals surface area contributed by atoms with Crippen molar-refractivity contribution in [3.63, 3.8) is 0 Å². The van der Waals surface area contributed by atoms with E-state index in [1.807, 2.05) is 12.1 Å². The van der Waals surface area contributed by atoms with E-state index in [9.17, 15) is 0 Å². The molecule has 2 aromatic heterocycles. The lowest BCUT2D eigenvalue weighted by Crippen LogP contribution is -2.19. The van der Waals surface area contributed by atoms with E-state index in [1.54, 1.807) is 11.3 Å². The van der Waals surface area contributed by atoms with Gasteiger partial charge in [-0.1, -0.05) is 28.1 Å². The van der Waals surface area contributed by atoms with Crippen molar-refractivity contribution in [1.82, 2.24) is 10.3 Å². The molecule has 3 heterocycles. The molecule has 0 aliphatic carbocycles. The first-order chi connectivity index (χ1) is 11.1. The molecule has 6 heteroatoms. The fourth-order valence-electron chi connectivity index (χ4n) is 2.80. The molecule has 3 aromatic rings. The van der Waals surface area contributed by atoms with Gasteiger partial charge in [0.25, 0.3) is 0 Å². The zero-order valence-electron chi connectivity index (χ0n) is 12.6. The molecule has 4 nitrogen and oxygen atoms in total. The lowest BCUT2D eigenvalue weighted by atomic mass is 10.1. The summed E-state index contributed by atoms with van der Waals surface area (Å²) in [4.78, 5) is 11.3. The number of benzene rings is 1. The summed E-state index contributed by atoms with van der Waals surface area (Å²) in [5.74, 6) is 0.898. The van der Waals surface area contributed by atoms with Gasteiger partial charge >= 0.3 is 0 Å². The fraction of sp³-hybridized carbons (Fsp3) is 0.176. The van der Waals surface area contributed by atoms with E-state index in [1.165, 1.54) is 0 Å². The van der Waals surface area contributed by atoms with Gasteiger partial charge in [0.1, 0.15) is 10.7 Å². The van der Waals surface area contributed by atoms with Gasteiger partial charge in [0.2, 0.25) is 0 Å². The number of hydrogen-bond acceptors (Lipinski definition) is 5. The number of aromatic nitrogens is 1. The number of hydrogen-bond donors (Lipinski definition) is 2. The number of nitrogens with zero attached hydrogens (tertiary/aromatic N) is 2. The average Bonchev–Trinajstić information content (AvgIpc) is 3.16. The smallest absolute Gasteiger partial charge is 0.140 e. The number of anilines is 1. The summed E-state index contributed by atoms with van der Waals surface area (Å²) in [6.07, 6.45) is 0. The van der Waals surface area contributed by atoms with Crippen LogP contribution < -0.4 is 11.1 Å². The SMILES string of the molecule is Cc1cc(-c2ccc(Br)cc2)nc2sc(C3=NCCN3)c(N)c12. The van der Waals surface area contributed by atoms with Crippen molar-refractivity contribution in [2.24, 2.45) is 4.99 Å². The van der Waals surface area contributed by atoms with Gasteiger partial charge < -0.3 is 11.1 Å². The first-order valence-corrected chi connectivity index (χ1v) is 8.98. The molecule has 0 radical (unpaired) electrons. The molecule has 4 rings (SSSR count). The highest BCUT2D eigenvalue weighted by atomic mass is 79.9. The number of nitrogens with one attached hydrogen (secondary N) is 1. The van der Waals surface area contributed by atoms with E-state index in [-0.39, 0.29) is 0 Å². The average molecular weight is 387 g/mol. The third-order valence-electron chi connectivity index (χ3n) is 3.93. The molecular formula is C17H15BrN4S. The van der Waals surface area contributed by atoms with Crippen molar-refractivity contribution in [2.75, 3.05) is 18.8 Å². The maximum Gasteiger partial charge on any atom is 0.140 e. The van der Waals surface area contributed by atoms with Crippen LogP contribution in [0.25, 0.3) is 21.5 Å². The number of nitrogen functional groups attached to an aromatic ring is 1. The number of nitrogens with two attached hydrogens (primary N) is 1. The van der Waals surface area contributed by atoms with Crippen LogP contribution in [0.15, 0.2) is 39.8 Å². The first-order valence-electron chi connectivity index (χ1n) is 7.38. The van der Waals surface area contributed by atoms with Gasteiger partial charge in [-0.15, -0.1) is 11.3 Å². The Morgan fingerprint density at radius 1 is 1.26 bits per heavy atom. The largest absolute Gasteiger partial charge is 0.397 e. The second kappa shape index (κ2) is 5.62. The lowest BCUT2D eigenvalue weighted by molar-refractivity contribution is 0.961. The second-order valence-corrected chi connectivity index (χ2v) is 7.43. The van der Waals surface area contributed by atoms with Crippen molar-refractivity contribution in [1.29, 1.82) is 0 Å². The van der Waals surface area contributed by atoms with Gasteiger partial charge in [-0.3, -0.25) is 4.99 Å². The van der Waals surface area contributed by atoms with Gasteiger partial charge in [0.05, 0.1) is 22.8 Å². The lowest BCUT2D eigenvalue weighted by Gasteiger charge is -2.05. The van der Waals surface area contributed by atoms with E-state index in [2.05, 4.69) is 51.4 Å². The number of halogens is 1. The second-order valence-electron chi connectivity index (χ2n) is 5.51. The maximum atomic E-state index is 6.37. The Hall–Kier alpha value is -1.92. The van der Waals surface area contributed by atoms with Crippen LogP contribution in [0.4, 0.5) is 5.69 Å². The Kier molecular flexibility index (Phi) is 3.58. The van der Waals surface area contributed by atoms with Gasteiger partial charge in [0, 0.05) is 22.0 Å². The van der Waals surface area contributed by atoms with E-state index in [4.69, 9.17) is 10.7 Å². The van der Waals surface area contributed by atoms with Gasteiger partial charge in [0.15, 0.2) is 0 Å². The molecule has 3 N–H and O–H groups in total. The molecule has 0 spiro atoms. The summed E-state index contributed by atoms with van der Waals surface area (Å²) < 4.78 is 1.06. The zero-order valence-corrected chi connectivity index (χ0v) is 15.0. The number of aryl methyl sites for hydroxylation is 1. The number of rotatable bonds is 2. The van der Waals surface area contributed by atoms with Crippen LogP contribution in [-0.4, -0.2) is 23.9 Å². The molecule has 0 saturated carbocycles. The maximum absolute atomic E-state index is 6.37. The van der Waals surface area contributed by atoms with Gasteiger partial charge in [-0.2, -0.15) is 0 Å². The van der Waals surface area contributed by atoms with Crippen LogP contribution in [0.2, 0.25) is 0 Å². The molecule has 1 aromatic carbocycles. The normalized spacial score (nSPS) is 14.1. The Morgan fingerprint density at radius 2 is 2.04 bits per heavy atom. The molecule has 0 saturated heterocycles. The number of pyridine rings is 1. The number of amidine groups is 1. The third-order valence-corrected chi connectivity index (χ3v) is 5.56. The van der Waals surface area contributed by atoms with Crippen LogP contribution >= 0.6 is 27.3 Å². The van der Waals surface area contributed by atoms with Crippen LogP contribution in [-0.2, 0) is 0 Å². The molecule has 116 valence electrons. The Balaban J connectivity index is 1.89. The van der Waals surface area contributed by atoms with Crippen molar-refractivity contribution in [3.05, 3.63) is 45.2 Å². The number of fused-ring (bicyclic) bond motifs is 1. The molecular weight excluding hydrogens is 372 g/mol. The van der Waals surface area contributed by atoms with E-state index < -0.39 is 0 Å². The topological polar surface area (TPSA) is 63.3 Å². The summed E-state index contributed by atoms with van der Waals surface area (Å²) in [6, 6.07) is 10.3. The van der Waals surface area contributed by atoms with Gasteiger partial charge in [-0.25, -0.2) is 4.98 Å². The summed E-state index contributed by atoms with van der Waals surface area (Å²) >= 11 is 5.08. The molecule has 23 heavy (non-hydrogen) atoms. The van der Waals surface area contributed by atoms with Gasteiger partial charge in [-0.05, 0) is 30.7 Å². The quantitative estimate of drug-likeness (QED) is 0.700. The minimum Gasteiger partial charge on any atom is -0.397 e. The molecule has 1 aliphatic heterocycles. The third kappa shape index (κ3) is 2.52. The minimum atomic E-state index is 0.783. The molecule has 0 fully saturated rings. The molecule has 0 atom stereocenters.